The van der Waals surface area contributed by atoms with Gasteiger partial charge in [-0.1, -0.05) is 36.4 Å². The molecule has 3 rings (SSSR count). The number of rotatable bonds is 10. The Hall–Kier alpha value is -4.18. The van der Waals surface area contributed by atoms with Gasteiger partial charge in [0, 0.05) is 29.6 Å². The minimum atomic E-state index is -1.27. The fraction of sp³-hybridized carbons (Fsp3) is 0.217. The van der Waals surface area contributed by atoms with E-state index in [1.165, 1.54) is 6.07 Å². The maximum atomic E-state index is 12.6. The molecule has 0 saturated carbocycles. The predicted octanol–water partition coefficient (Wildman–Crippen LogP) is 2.17. The van der Waals surface area contributed by atoms with Crippen molar-refractivity contribution in [3.63, 3.8) is 0 Å². The summed E-state index contributed by atoms with van der Waals surface area (Å²) in [6.07, 6.45) is 2.15. The average molecular weight is 452 g/mol. The molecule has 2 atom stereocenters. The number of carbonyl (C=O) groups is 4. The first-order chi connectivity index (χ1) is 15.8. The zero-order valence-electron chi connectivity index (χ0n) is 17.8. The third kappa shape index (κ3) is 5.74. The number of hydrazine groups is 1. The number of fused-ring (bicyclic) bond motifs is 1. The summed E-state index contributed by atoms with van der Waals surface area (Å²) < 4.78 is 0. The number of H-pyrrole nitrogens is 1. The van der Waals surface area contributed by atoms with Crippen LogP contribution in [0.1, 0.15) is 28.4 Å². The average Bonchev–Trinajstić information content (AvgIpc) is 3.20. The van der Waals surface area contributed by atoms with Crippen molar-refractivity contribution >= 4 is 35.3 Å². The number of hydrogen-bond acceptors (Lipinski definition) is 5. The van der Waals surface area contributed by atoms with E-state index >= 15 is 0 Å². The maximum absolute atomic E-state index is 12.6. The highest BCUT2D eigenvalue weighted by molar-refractivity contribution is 5.90. The van der Waals surface area contributed by atoms with E-state index in [-0.39, 0.29) is 24.8 Å². The van der Waals surface area contributed by atoms with Crippen molar-refractivity contribution < 1.29 is 29.4 Å². The Morgan fingerprint density at radius 1 is 1.03 bits per heavy atom. The van der Waals surface area contributed by atoms with Crippen LogP contribution < -0.4 is 10.7 Å². The van der Waals surface area contributed by atoms with Crippen LogP contribution in [0.15, 0.2) is 54.7 Å². The molecule has 10 nitrogen and oxygen atoms in total. The molecular formula is C23H24N4O6. The van der Waals surface area contributed by atoms with Gasteiger partial charge in [-0.3, -0.25) is 4.79 Å². The second kappa shape index (κ2) is 10.4. The first kappa shape index (κ1) is 23.5. The third-order valence-corrected chi connectivity index (χ3v) is 5.15. The SMILES string of the molecule is C[C@H](Cc1ccccc1C(=O)O)NN(C=O)C(=O)N[C@@H](Cc1c[nH]c2ccccc12)C(=O)O. The van der Waals surface area contributed by atoms with Gasteiger partial charge in [0.15, 0.2) is 0 Å². The summed E-state index contributed by atoms with van der Waals surface area (Å²) in [5.41, 5.74) is 4.88. The molecule has 3 aromatic rings. The van der Waals surface area contributed by atoms with Crippen LogP contribution in [0, 0.1) is 0 Å². The number of imide groups is 1. The Morgan fingerprint density at radius 2 is 1.73 bits per heavy atom. The lowest BCUT2D eigenvalue weighted by atomic mass is 10.0. The predicted molar refractivity (Wildman–Crippen MR) is 120 cm³/mol. The van der Waals surface area contributed by atoms with E-state index < -0.39 is 30.1 Å². The molecule has 172 valence electrons. The van der Waals surface area contributed by atoms with Crippen molar-refractivity contribution in [2.45, 2.75) is 31.8 Å². The van der Waals surface area contributed by atoms with Crippen molar-refractivity contribution in [2.75, 3.05) is 0 Å². The lowest BCUT2D eigenvalue weighted by Crippen LogP contribution is -2.55. The van der Waals surface area contributed by atoms with Crippen molar-refractivity contribution in [3.8, 4) is 0 Å². The molecular weight excluding hydrogens is 428 g/mol. The van der Waals surface area contributed by atoms with E-state index in [4.69, 9.17) is 0 Å². The van der Waals surface area contributed by atoms with Crippen LogP contribution in [-0.4, -0.2) is 56.7 Å². The van der Waals surface area contributed by atoms with Crippen molar-refractivity contribution in [1.82, 2.24) is 20.7 Å². The molecule has 1 aromatic heterocycles. The minimum Gasteiger partial charge on any atom is -0.480 e. The second-order valence-electron chi connectivity index (χ2n) is 7.58. The third-order valence-electron chi connectivity index (χ3n) is 5.15. The fourth-order valence-corrected chi connectivity index (χ4v) is 3.60. The van der Waals surface area contributed by atoms with E-state index in [1.54, 1.807) is 31.3 Å². The zero-order valence-corrected chi connectivity index (χ0v) is 17.8. The molecule has 0 aliphatic carbocycles. The molecule has 0 unspecified atom stereocenters. The first-order valence-corrected chi connectivity index (χ1v) is 10.2. The number of urea groups is 1. The number of nitrogens with zero attached hydrogens (tertiary/aromatic N) is 1. The molecule has 0 spiro atoms. The van der Waals surface area contributed by atoms with Crippen molar-refractivity contribution in [3.05, 3.63) is 71.4 Å². The lowest BCUT2D eigenvalue weighted by molar-refractivity contribution is -0.139. The van der Waals surface area contributed by atoms with Crippen LogP contribution in [0.4, 0.5) is 4.79 Å². The summed E-state index contributed by atoms with van der Waals surface area (Å²) in [5, 5.41) is 22.7. The standard InChI is InChI=1S/C23H24N4O6/c1-14(10-15-6-2-3-8-18(15)21(29)30)26-27(13-28)23(33)25-20(22(31)32)11-16-12-24-19-9-5-4-7-17(16)19/h2-9,12-14,20,24,26H,10-11H2,1H3,(H,25,33)(H,29,30)(H,31,32)/t14-,20+/m1/s1. The number of amides is 3. The van der Waals surface area contributed by atoms with E-state index in [0.29, 0.717) is 16.1 Å². The van der Waals surface area contributed by atoms with E-state index in [2.05, 4.69) is 15.7 Å². The maximum Gasteiger partial charge on any atom is 0.339 e. The molecule has 5 N–H and O–H groups in total. The number of para-hydroxylation sites is 1. The van der Waals surface area contributed by atoms with Crippen molar-refractivity contribution in [1.29, 1.82) is 0 Å². The molecule has 1 heterocycles. The van der Waals surface area contributed by atoms with Gasteiger partial charge in [0.25, 0.3) is 0 Å². The first-order valence-electron chi connectivity index (χ1n) is 10.2. The number of aliphatic carboxylic acids is 1. The van der Waals surface area contributed by atoms with Gasteiger partial charge >= 0.3 is 18.0 Å². The molecule has 0 saturated heterocycles. The molecule has 2 aromatic carbocycles. The number of benzene rings is 2. The number of aromatic amines is 1. The number of aromatic carboxylic acids is 1. The smallest absolute Gasteiger partial charge is 0.339 e. The minimum absolute atomic E-state index is 0.0132. The highest BCUT2D eigenvalue weighted by atomic mass is 16.4. The summed E-state index contributed by atoms with van der Waals surface area (Å²) in [4.78, 5) is 50.3. The van der Waals surface area contributed by atoms with E-state index in [9.17, 15) is 29.4 Å². The molecule has 3 amide bonds. The van der Waals surface area contributed by atoms with Crippen LogP contribution in [0.3, 0.4) is 0 Å². The molecule has 0 aliphatic heterocycles. The van der Waals surface area contributed by atoms with E-state index in [0.717, 1.165) is 10.9 Å². The number of aromatic nitrogens is 1. The van der Waals surface area contributed by atoms with Gasteiger partial charge in [-0.15, -0.1) is 0 Å². The molecule has 0 bridgehead atoms. The number of nitrogens with one attached hydrogen (secondary N) is 3. The molecule has 0 radical (unpaired) electrons. The van der Waals surface area contributed by atoms with Gasteiger partial charge in [-0.25, -0.2) is 19.8 Å². The summed E-state index contributed by atoms with van der Waals surface area (Å²) in [6.45, 7) is 1.67. The fourth-order valence-electron chi connectivity index (χ4n) is 3.60. The van der Waals surface area contributed by atoms with Gasteiger partial charge in [-0.2, -0.15) is 5.01 Å². The Morgan fingerprint density at radius 3 is 2.42 bits per heavy atom. The Bertz CT molecular complexity index is 1170. The largest absolute Gasteiger partial charge is 0.480 e. The van der Waals surface area contributed by atoms with Crippen molar-refractivity contribution in [2.24, 2.45) is 0 Å². The summed E-state index contributed by atoms with van der Waals surface area (Å²) in [6, 6.07) is 11.1. The monoisotopic (exact) mass is 452 g/mol. The highest BCUT2D eigenvalue weighted by Crippen LogP contribution is 2.19. The van der Waals surface area contributed by atoms with Gasteiger partial charge in [0.1, 0.15) is 6.04 Å². The Balaban J connectivity index is 1.66. The zero-order chi connectivity index (χ0) is 24.0. The summed E-state index contributed by atoms with van der Waals surface area (Å²) in [7, 11) is 0. The Kier molecular flexibility index (Phi) is 7.42. The van der Waals surface area contributed by atoms with Crippen LogP contribution in [0.25, 0.3) is 10.9 Å². The number of carboxylic acid groups (broad SMARTS) is 2. The molecule has 33 heavy (non-hydrogen) atoms. The topological polar surface area (TPSA) is 152 Å². The highest BCUT2D eigenvalue weighted by Gasteiger charge is 2.25. The van der Waals surface area contributed by atoms with E-state index in [1.807, 2.05) is 24.3 Å². The van der Waals surface area contributed by atoms with Crippen LogP contribution in [-0.2, 0) is 22.4 Å². The van der Waals surface area contributed by atoms with Gasteiger partial charge < -0.3 is 20.5 Å². The van der Waals surface area contributed by atoms with Gasteiger partial charge in [0.2, 0.25) is 6.41 Å². The quantitative estimate of drug-likeness (QED) is 0.233. The molecule has 0 fully saturated rings. The molecule has 10 heteroatoms. The Labute approximate surface area is 189 Å². The molecule has 0 aliphatic rings. The number of hydrogen-bond donors (Lipinski definition) is 5. The lowest BCUT2D eigenvalue weighted by Gasteiger charge is -2.24. The number of carbonyl (C=O) groups excluding carboxylic acids is 2. The van der Waals surface area contributed by atoms with Gasteiger partial charge in [-0.05, 0) is 36.6 Å². The van der Waals surface area contributed by atoms with Crippen LogP contribution in [0.5, 0.6) is 0 Å². The van der Waals surface area contributed by atoms with Crippen LogP contribution in [0.2, 0.25) is 0 Å². The number of carboxylic acids is 2. The summed E-state index contributed by atoms with van der Waals surface area (Å²) in [5.74, 6) is -2.33. The van der Waals surface area contributed by atoms with Crippen LogP contribution >= 0.6 is 0 Å². The second-order valence-corrected chi connectivity index (χ2v) is 7.58. The normalized spacial score (nSPS) is 12.6. The summed E-state index contributed by atoms with van der Waals surface area (Å²) >= 11 is 0. The van der Waals surface area contributed by atoms with Gasteiger partial charge in [0.05, 0.1) is 5.56 Å².